The molecule has 0 bridgehead atoms. The van der Waals surface area contributed by atoms with Crippen LogP contribution in [-0.2, 0) is 0 Å². The van der Waals surface area contributed by atoms with Crippen molar-refractivity contribution in [2.75, 3.05) is 13.1 Å². The molecular weight excluding hydrogens is 251 g/mol. The lowest BCUT2D eigenvalue weighted by Gasteiger charge is -2.24. The molecule has 2 nitrogen and oxygen atoms in total. The highest BCUT2D eigenvalue weighted by atomic mass is 35.5. The summed E-state index contributed by atoms with van der Waals surface area (Å²) in [5.74, 6) is 0. The van der Waals surface area contributed by atoms with Crippen LogP contribution in [0.4, 0.5) is 0 Å². The first-order chi connectivity index (χ1) is 6.84. The molecule has 84 valence electrons. The number of pyridine rings is 1. The number of halogens is 2. The van der Waals surface area contributed by atoms with Crippen molar-refractivity contribution in [1.29, 1.82) is 0 Å². The second-order valence-electron chi connectivity index (χ2n) is 3.38. The summed E-state index contributed by atoms with van der Waals surface area (Å²) < 4.78 is 2.36. The largest absolute Gasteiger partial charge is 0.245 e. The summed E-state index contributed by atoms with van der Waals surface area (Å²) in [4.78, 5) is 4.25. The van der Waals surface area contributed by atoms with Crippen molar-refractivity contribution in [3.63, 3.8) is 0 Å². The van der Waals surface area contributed by atoms with Crippen LogP contribution in [-0.4, -0.2) is 22.4 Å². The van der Waals surface area contributed by atoms with E-state index in [1.807, 2.05) is 18.2 Å². The van der Waals surface area contributed by atoms with Crippen molar-refractivity contribution in [3.8, 4) is 0 Å². The van der Waals surface area contributed by atoms with Gasteiger partial charge in [-0.3, -0.25) is 0 Å². The maximum Gasteiger partial charge on any atom is 0.130 e. The fourth-order valence-corrected chi connectivity index (χ4v) is 2.73. The van der Waals surface area contributed by atoms with Gasteiger partial charge in [0.1, 0.15) is 10.2 Å². The van der Waals surface area contributed by atoms with Crippen molar-refractivity contribution < 1.29 is 0 Å². The molecule has 2 heterocycles. The fraction of sp³-hybridized carbons (Fsp3) is 0.500. The van der Waals surface area contributed by atoms with Crippen molar-refractivity contribution in [2.45, 2.75) is 24.3 Å². The average molecular weight is 265 g/mol. The SMILES string of the molecule is Cl.Clc1cccc(SN2CCCCC2)n1. The Kier molecular flexibility index (Phi) is 5.75. The van der Waals surface area contributed by atoms with E-state index >= 15 is 0 Å². The summed E-state index contributed by atoms with van der Waals surface area (Å²) in [7, 11) is 0. The zero-order valence-corrected chi connectivity index (χ0v) is 10.7. The zero-order chi connectivity index (χ0) is 9.80. The summed E-state index contributed by atoms with van der Waals surface area (Å²) in [5.41, 5.74) is 0. The monoisotopic (exact) mass is 264 g/mol. The van der Waals surface area contributed by atoms with E-state index in [1.165, 1.54) is 32.4 Å². The van der Waals surface area contributed by atoms with E-state index in [2.05, 4.69) is 9.29 Å². The van der Waals surface area contributed by atoms with Gasteiger partial charge in [0.05, 0.1) is 0 Å². The summed E-state index contributed by atoms with van der Waals surface area (Å²) >= 11 is 7.54. The maximum atomic E-state index is 5.82. The molecule has 1 aromatic heterocycles. The molecule has 2 rings (SSSR count). The van der Waals surface area contributed by atoms with Gasteiger partial charge in [0.15, 0.2) is 0 Å². The van der Waals surface area contributed by atoms with Gasteiger partial charge < -0.3 is 0 Å². The van der Waals surface area contributed by atoms with Gasteiger partial charge in [0.25, 0.3) is 0 Å². The highest BCUT2D eigenvalue weighted by Gasteiger charge is 2.11. The van der Waals surface area contributed by atoms with Gasteiger partial charge >= 0.3 is 0 Å². The molecule has 0 aliphatic carbocycles. The number of rotatable bonds is 2. The molecule has 0 atom stereocenters. The Bertz CT molecular complexity index is 303. The highest BCUT2D eigenvalue weighted by Crippen LogP contribution is 2.25. The van der Waals surface area contributed by atoms with Crippen LogP contribution < -0.4 is 0 Å². The minimum atomic E-state index is 0. The topological polar surface area (TPSA) is 16.1 Å². The Balaban J connectivity index is 0.00000112. The molecule has 1 aliphatic rings. The molecule has 0 amide bonds. The standard InChI is InChI=1S/C10H13ClN2S.ClH/c11-9-5-4-6-10(12-9)14-13-7-2-1-3-8-13;/h4-6H,1-3,7-8H2;1H. The van der Waals surface area contributed by atoms with E-state index in [0.717, 1.165) is 5.03 Å². The number of aromatic nitrogens is 1. The molecule has 1 aromatic rings. The lowest BCUT2D eigenvalue weighted by molar-refractivity contribution is 0.380. The van der Waals surface area contributed by atoms with Crippen LogP contribution in [0.1, 0.15) is 19.3 Å². The fourth-order valence-electron chi connectivity index (χ4n) is 1.53. The minimum Gasteiger partial charge on any atom is -0.245 e. The number of hydrogen-bond donors (Lipinski definition) is 0. The average Bonchev–Trinajstić information content (AvgIpc) is 2.19. The first kappa shape index (κ1) is 13.1. The molecule has 0 saturated carbocycles. The zero-order valence-electron chi connectivity index (χ0n) is 8.36. The Morgan fingerprint density at radius 2 is 1.93 bits per heavy atom. The predicted molar refractivity (Wildman–Crippen MR) is 67.8 cm³/mol. The molecule has 0 radical (unpaired) electrons. The van der Waals surface area contributed by atoms with Gasteiger partial charge in [-0.1, -0.05) is 24.1 Å². The normalized spacial score (nSPS) is 17.1. The minimum absolute atomic E-state index is 0. The first-order valence-electron chi connectivity index (χ1n) is 4.90. The van der Waals surface area contributed by atoms with Crippen molar-refractivity contribution >= 4 is 36.0 Å². The van der Waals surface area contributed by atoms with Gasteiger partial charge in [-0.05, 0) is 36.9 Å². The molecule has 1 saturated heterocycles. The van der Waals surface area contributed by atoms with E-state index in [4.69, 9.17) is 11.6 Å². The highest BCUT2D eigenvalue weighted by molar-refractivity contribution is 7.97. The molecule has 0 aromatic carbocycles. The third-order valence-corrected chi connectivity index (χ3v) is 3.48. The maximum absolute atomic E-state index is 5.82. The number of piperidine rings is 1. The molecule has 5 heteroatoms. The van der Waals surface area contributed by atoms with Crippen molar-refractivity contribution in [1.82, 2.24) is 9.29 Å². The summed E-state index contributed by atoms with van der Waals surface area (Å²) in [6.45, 7) is 2.33. The number of nitrogens with zero attached hydrogens (tertiary/aromatic N) is 2. The Labute approximate surface area is 106 Å². The van der Waals surface area contributed by atoms with Crippen LogP contribution in [0.3, 0.4) is 0 Å². The van der Waals surface area contributed by atoms with Crippen LogP contribution >= 0.6 is 36.0 Å². The van der Waals surface area contributed by atoms with Crippen LogP contribution in [0.5, 0.6) is 0 Å². The summed E-state index contributed by atoms with van der Waals surface area (Å²) in [5, 5.41) is 1.58. The second-order valence-corrected chi connectivity index (χ2v) is 4.88. The molecule has 1 aliphatic heterocycles. The quantitative estimate of drug-likeness (QED) is 0.599. The Morgan fingerprint density at radius 1 is 1.20 bits per heavy atom. The predicted octanol–water partition coefficient (Wildman–Crippen LogP) is 3.65. The van der Waals surface area contributed by atoms with Gasteiger partial charge in [-0.15, -0.1) is 12.4 Å². The molecule has 15 heavy (non-hydrogen) atoms. The summed E-state index contributed by atoms with van der Waals surface area (Å²) in [6, 6.07) is 5.76. The van der Waals surface area contributed by atoms with Gasteiger partial charge in [-0.25, -0.2) is 9.29 Å². The lowest BCUT2D eigenvalue weighted by atomic mass is 10.2. The van der Waals surface area contributed by atoms with Gasteiger partial charge in [-0.2, -0.15) is 0 Å². The number of hydrogen-bond acceptors (Lipinski definition) is 3. The van der Waals surface area contributed by atoms with E-state index in [9.17, 15) is 0 Å². The van der Waals surface area contributed by atoms with Gasteiger partial charge in [0, 0.05) is 13.1 Å². The van der Waals surface area contributed by atoms with Crippen molar-refractivity contribution in [3.05, 3.63) is 23.4 Å². The smallest absolute Gasteiger partial charge is 0.130 e. The van der Waals surface area contributed by atoms with E-state index in [0.29, 0.717) is 5.15 Å². The third-order valence-electron chi connectivity index (χ3n) is 2.23. The second kappa shape index (κ2) is 6.59. The molecule has 0 N–H and O–H groups in total. The van der Waals surface area contributed by atoms with Crippen LogP contribution in [0, 0.1) is 0 Å². The summed E-state index contributed by atoms with van der Waals surface area (Å²) in [6.07, 6.45) is 3.96. The van der Waals surface area contributed by atoms with E-state index in [-0.39, 0.29) is 12.4 Å². The molecule has 1 fully saturated rings. The molecule has 0 spiro atoms. The van der Waals surface area contributed by atoms with Crippen molar-refractivity contribution in [2.24, 2.45) is 0 Å². The Hall–Kier alpha value is 0.0400. The van der Waals surface area contributed by atoms with Crippen LogP contribution in [0.15, 0.2) is 23.2 Å². The first-order valence-corrected chi connectivity index (χ1v) is 6.05. The van der Waals surface area contributed by atoms with Crippen LogP contribution in [0.2, 0.25) is 5.15 Å². The van der Waals surface area contributed by atoms with Gasteiger partial charge in [0.2, 0.25) is 0 Å². The van der Waals surface area contributed by atoms with Crippen LogP contribution in [0.25, 0.3) is 0 Å². The molecular formula is C10H14Cl2N2S. The third kappa shape index (κ3) is 4.19. The molecule has 0 unspecified atom stereocenters. The van der Waals surface area contributed by atoms with E-state index in [1.54, 1.807) is 11.9 Å². The Morgan fingerprint density at radius 3 is 2.60 bits per heavy atom. The van der Waals surface area contributed by atoms with E-state index < -0.39 is 0 Å². The lowest BCUT2D eigenvalue weighted by Crippen LogP contribution is -2.22.